The second kappa shape index (κ2) is 6.81. The maximum atomic E-state index is 13.2. The van der Waals surface area contributed by atoms with Gasteiger partial charge in [-0.1, -0.05) is 18.2 Å². The molecular formula is C21H21N5O5. The Morgan fingerprint density at radius 2 is 1.68 bits per heavy atom. The zero-order valence-electron chi connectivity index (χ0n) is 16.7. The van der Waals surface area contributed by atoms with E-state index in [0.29, 0.717) is 13.1 Å². The van der Waals surface area contributed by atoms with Gasteiger partial charge in [0, 0.05) is 18.7 Å². The smallest absolute Gasteiger partial charge is 0.336 e. The van der Waals surface area contributed by atoms with Gasteiger partial charge in [-0.25, -0.2) is 19.6 Å². The van der Waals surface area contributed by atoms with Gasteiger partial charge in [0.25, 0.3) is 5.91 Å². The molecule has 2 aliphatic heterocycles. The van der Waals surface area contributed by atoms with Crippen LogP contribution in [0.1, 0.15) is 46.4 Å². The number of nitrogens with two attached hydrogens (primary N) is 1. The Morgan fingerprint density at radius 3 is 2.29 bits per heavy atom. The molecule has 1 unspecified atom stereocenters. The number of carbonyl (C=O) groups excluding carboxylic acids is 3. The Hall–Kier alpha value is -3.40. The highest BCUT2D eigenvalue weighted by molar-refractivity contribution is 6.56. The quantitative estimate of drug-likeness (QED) is 0.629. The largest absolute Gasteiger partial charge is 0.478 e. The van der Waals surface area contributed by atoms with Gasteiger partial charge in [0.05, 0.1) is 5.56 Å². The predicted octanol–water partition coefficient (Wildman–Crippen LogP) is 1.12. The second-order valence-corrected chi connectivity index (χ2v) is 8.50. The lowest BCUT2D eigenvalue weighted by molar-refractivity contribution is -0.124. The van der Waals surface area contributed by atoms with E-state index in [1.807, 2.05) is 0 Å². The van der Waals surface area contributed by atoms with Crippen LogP contribution in [0.25, 0.3) is 0 Å². The number of Topliss-reactive ketones (excluding diaryl/α,β-unsaturated/α-hetero) is 1. The van der Waals surface area contributed by atoms with E-state index >= 15 is 0 Å². The molecule has 1 atom stereocenters. The molecule has 5 rings (SSSR count). The molecule has 10 heteroatoms. The number of carboxylic acid groups (broad SMARTS) is 1. The molecule has 1 aromatic rings. The number of imide groups is 1. The molecule has 3 N–H and O–H groups in total. The first kappa shape index (κ1) is 19.6. The number of aliphatic imine (C=N–C) groups is 2. The van der Waals surface area contributed by atoms with Gasteiger partial charge in [0.15, 0.2) is 5.71 Å². The highest BCUT2D eigenvalue weighted by atomic mass is 16.4. The van der Waals surface area contributed by atoms with Gasteiger partial charge < -0.3 is 5.11 Å². The Bertz CT molecular complexity index is 1090. The Balaban J connectivity index is 1.54. The molecule has 10 nitrogen and oxygen atoms in total. The molecule has 31 heavy (non-hydrogen) atoms. The first-order valence-electron chi connectivity index (χ1n) is 10.3. The van der Waals surface area contributed by atoms with Crippen LogP contribution in [0.15, 0.2) is 34.3 Å². The first-order valence-corrected chi connectivity index (χ1v) is 10.3. The van der Waals surface area contributed by atoms with Crippen molar-refractivity contribution in [3.63, 3.8) is 0 Å². The van der Waals surface area contributed by atoms with Crippen molar-refractivity contribution in [3.05, 3.63) is 35.4 Å². The molecule has 2 saturated carbocycles. The van der Waals surface area contributed by atoms with Gasteiger partial charge in [0.2, 0.25) is 17.4 Å². The number of rotatable bonds is 7. The van der Waals surface area contributed by atoms with Crippen LogP contribution >= 0.6 is 0 Å². The molecule has 0 bridgehead atoms. The van der Waals surface area contributed by atoms with Gasteiger partial charge in [-0.2, -0.15) is 0 Å². The molecule has 3 fully saturated rings. The van der Waals surface area contributed by atoms with E-state index in [-0.39, 0.29) is 34.5 Å². The highest BCUT2D eigenvalue weighted by Gasteiger charge is 2.57. The minimum absolute atomic E-state index is 0.109. The van der Waals surface area contributed by atoms with Gasteiger partial charge >= 0.3 is 12.0 Å². The number of carbonyl (C=O) groups is 4. The van der Waals surface area contributed by atoms with Crippen molar-refractivity contribution < 1.29 is 24.3 Å². The lowest BCUT2D eigenvalue weighted by atomic mass is 10.0. The number of ketones is 1. The van der Waals surface area contributed by atoms with Crippen molar-refractivity contribution in [2.75, 3.05) is 13.1 Å². The number of hydrogen-bond acceptors (Lipinski definition) is 7. The van der Waals surface area contributed by atoms with E-state index in [1.165, 1.54) is 29.2 Å². The molecular weight excluding hydrogens is 402 g/mol. The normalized spacial score (nSPS) is 25.3. The lowest BCUT2D eigenvalue weighted by Crippen LogP contribution is -2.72. The van der Waals surface area contributed by atoms with Crippen LogP contribution in [0.5, 0.6) is 0 Å². The van der Waals surface area contributed by atoms with Crippen LogP contribution in [0.2, 0.25) is 0 Å². The summed E-state index contributed by atoms with van der Waals surface area (Å²) in [5.74, 6) is -4.38. The van der Waals surface area contributed by atoms with Crippen LogP contribution in [0, 0.1) is 11.8 Å². The van der Waals surface area contributed by atoms with Gasteiger partial charge in [-0.05, 0) is 43.6 Å². The molecule has 0 radical (unpaired) electrons. The molecule has 2 heterocycles. The monoisotopic (exact) mass is 423 g/mol. The fraction of sp³-hybridized carbons (Fsp3) is 0.429. The number of fused-ring (bicyclic) bond motifs is 1. The Labute approximate surface area is 177 Å². The van der Waals surface area contributed by atoms with Crippen molar-refractivity contribution in [2.24, 2.45) is 27.6 Å². The van der Waals surface area contributed by atoms with Gasteiger partial charge in [-0.15, -0.1) is 0 Å². The maximum absolute atomic E-state index is 13.2. The van der Waals surface area contributed by atoms with Gasteiger partial charge in [0.1, 0.15) is 0 Å². The van der Waals surface area contributed by atoms with Crippen LogP contribution in [0.4, 0.5) is 4.79 Å². The number of urea groups is 1. The SMILES string of the molecule is NC12N=C(C(=O)c3ccccc3C(=O)O)N=C1C(=O)N(CC1CC1)C(=O)N2CC1CC1. The van der Waals surface area contributed by atoms with E-state index in [4.69, 9.17) is 5.73 Å². The average molecular weight is 423 g/mol. The maximum Gasteiger partial charge on any atom is 0.336 e. The molecule has 2 aliphatic carbocycles. The fourth-order valence-electron chi connectivity index (χ4n) is 3.91. The van der Waals surface area contributed by atoms with Gasteiger partial charge in [-0.3, -0.25) is 25.1 Å². The number of nitrogens with zero attached hydrogens (tertiary/aromatic N) is 4. The molecule has 1 aromatic carbocycles. The number of amidine groups is 1. The summed E-state index contributed by atoms with van der Waals surface area (Å²) in [5, 5.41) is 9.40. The summed E-state index contributed by atoms with van der Waals surface area (Å²) in [6.07, 6.45) is 3.80. The van der Waals surface area contributed by atoms with Crippen molar-refractivity contribution in [1.82, 2.24) is 9.80 Å². The standard InChI is InChI=1S/C21H21N5O5/c22-21-16(23-17(24-21)15(27)13-3-1-2-4-14(13)19(29)30)18(28)25(9-11-5-6-11)20(31)26(21)10-12-7-8-12/h1-4,11-12H,5-10,22H2,(H,29,30). The van der Waals surface area contributed by atoms with Crippen LogP contribution in [0.3, 0.4) is 0 Å². The summed E-state index contributed by atoms with van der Waals surface area (Å²) in [4.78, 5) is 61.7. The third-order valence-corrected chi connectivity index (χ3v) is 6.04. The number of carboxylic acids is 1. The van der Waals surface area contributed by atoms with Crippen molar-refractivity contribution >= 4 is 35.2 Å². The minimum atomic E-state index is -1.86. The third-order valence-electron chi connectivity index (χ3n) is 6.04. The van der Waals surface area contributed by atoms with Crippen molar-refractivity contribution in [2.45, 2.75) is 31.5 Å². The summed E-state index contributed by atoms with van der Waals surface area (Å²) in [6, 6.07) is 5.16. The molecule has 0 aromatic heterocycles. The summed E-state index contributed by atoms with van der Waals surface area (Å²) in [7, 11) is 0. The first-order chi connectivity index (χ1) is 14.8. The van der Waals surface area contributed by atoms with Crippen LogP contribution in [-0.2, 0) is 4.79 Å². The zero-order chi connectivity index (χ0) is 21.9. The molecule has 4 aliphatic rings. The Kier molecular flexibility index (Phi) is 4.30. The predicted molar refractivity (Wildman–Crippen MR) is 109 cm³/mol. The third kappa shape index (κ3) is 3.23. The highest BCUT2D eigenvalue weighted by Crippen LogP contribution is 2.37. The van der Waals surface area contributed by atoms with E-state index in [9.17, 15) is 24.3 Å². The van der Waals surface area contributed by atoms with E-state index in [0.717, 1.165) is 30.6 Å². The molecule has 1 saturated heterocycles. The lowest BCUT2D eigenvalue weighted by Gasteiger charge is -2.43. The summed E-state index contributed by atoms with van der Waals surface area (Å²) in [5.41, 5.74) is 5.96. The van der Waals surface area contributed by atoms with Crippen LogP contribution < -0.4 is 5.73 Å². The van der Waals surface area contributed by atoms with Crippen molar-refractivity contribution in [1.29, 1.82) is 0 Å². The summed E-state index contributed by atoms with van der Waals surface area (Å²) < 4.78 is 0. The molecule has 160 valence electrons. The molecule has 0 spiro atoms. The number of amides is 3. The number of hydrogen-bond donors (Lipinski definition) is 2. The molecule has 3 amide bonds. The second-order valence-electron chi connectivity index (χ2n) is 8.50. The zero-order valence-corrected chi connectivity index (χ0v) is 16.7. The number of aromatic carboxylic acids is 1. The fourth-order valence-corrected chi connectivity index (χ4v) is 3.91. The van der Waals surface area contributed by atoms with E-state index in [1.54, 1.807) is 0 Å². The van der Waals surface area contributed by atoms with E-state index in [2.05, 4.69) is 9.98 Å². The minimum Gasteiger partial charge on any atom is -0.478 e. The Morgan fingerprint density at radius 1 is 1.06 bits per heavy atom. The number of benzene rings is 1. The van der Waals surface area contributed by atoms with Crippen molar-refractivity contribution in [3.8, 4) is 0 Å². The van der Waals surface area contributed by atoms with E-state index < -0.39 is 29.5 Å². The van der Waals surface area contributed by atoms with Crippen LogP contribution in [-0.4, -0.2) is 69.0 Å². The average Bonchev–Trinajstić information content (AvgIpc) is 3.67. The summed E-state index contributed by atoms with van der Waals surface area (Å²) >= 11 is 0. The topological polar surface area (TPSA) is 146 Å². The summed E-state index contributed by atoms with van der Waals surface area (Å²) in [6.45, 7) is 0.610.